The molecule has 114 valence electrons. The third-order valence-electron chi connectivity index (χ3n) is 4.37. The van der Waals surface area contributed by atoms with E-state index in [1.807, 2.05) is 0 Å². The van der Waals surface area contributed by atoms with Crippen molar-refractivity contribution in [2.45, 2.75) is 27.7 Å². The first-order valence-corrected chi connectivity index (χ1v) is 7.32. The molecule has 1 aromatic carbocycles. The summed E-state index contributed by atoms with van der Waals surface area (Å²) >= 11 is 0. The Morgan fingerprint density at radius 3 is 2.38 bits per heavy atom. The summed E-state index contributed by atoms with van der Waals surface area (Å²) in [4.78, 5) is 12.0. The number of carbonyl (C=O) groups excluding carboxylic acids is 1. The van der Waals surface area contributed by atoms with Gasteiger partial charge in [0.1, 0.15) is 5.75 Å². The number of benzene rings is 1. The lowest BCUT2D eigenvalue weighted by Crippen LogP contribution is -2.09. The van der Waals surface area contributed by atoms with E-state index in [-0.39, 0.29) is 11.4 Å². The van der Waals surface area contributed by atoms with Gasteiger partial charge in [-0.2, -0.15) is 0 Å². The van der Waals surface area contributed by atoms with Gasteiger partial charge in [-0.05, 0) is 49.4 Å². The molecule has 0 heterocycles. The number of allylic oxidation sites excluding steroid dienone is 2. The molecule has 0 amide bonds. The molecule has 3 heteroatoms. The summed E-state index contributed by atoms with van der Waals surface area (Å²) in [5.41, 5.74) is 2.10. The maximum Gasteiger partial charge on any atom is 0.338 e. The van der Waals surface area contributed by atoms with Gasteiger partial charge in [-0.1, -0.05) is 25.5 Å². The zero-order chi connectivity index (χ0) is 15.6. The average Bonchev–Trinajstić information content (AvgIpc) is 2.95. The van der Waals surface area contributed by atoms with Crippen molar-refractivity contribution in [2.75, 3.05) is 13.7 Å². The molecular weight excluding hydrogens is 264 g/mol. The number of carbonyl (C=O) groups is 1. The van der Waals surface area contributed by atoms with Crippen LogP contribution in [0.2, 0.25) is 0 Å². The monoisotopic (exact) mass is 288 g/mol. The van der Waals surface area contributed by atoms with E-state index in [2.05, 4.69) is 33.8 Å². The number of hydrogen-bond acceptors (Lipinski definition) is 3. The summed E-state index contributed by atoms with van der Waals surface area (Å²) in [6.45, 7) is 9.14. The Morgan fingerprint density at radius 2 is 1.86 bits per heavy atom. The number of methoxy groups -OCH3 is 1. The fourth-order valence-electron chi connectivity index (χ4n) is 2.77. The Labute approximate surface area is 127 Å². The molecule has 0 saturated heterocycles. The van der Waals surface area contributed by atoms with Crippen LogP contribution in [0.4, 0.5) is 0 Å². The summed E-state index contributed by atoms with van der Waals surface area (Å²) in [6, 6.07) is 6.99. The van der Waals surface area contributed by atoms with Crippen molar-refractivity contribution in [2.24, 2.45) is 17.3 Å². The molecule has 1 fully saturated rings. The molecule has 0 aromatic heterocycles. The second-order valence-corrected chi connectivity index (χ2v) is 6.52. The van der Waals surface area contributed by atoms with Crippen molar-refractivity contribution in [3.05, 3.63) is 41.5 Å². The minimum Gasteiger partial charge on any atom is -0.497 e. The van der Waals surface area contributed by atoms with Crippen LogP contribution in [0.3, 0.4) is 0 Å². The topological polar surface area (TPSA) is 35.5 Å². The highest BCUT2D eigenvalue weighted by atomic mass is 16.5. The van der Waals surface area contributed by atoms with Gasteiger partial charge in [-0.25, -0.2) is 4.79 Å². The largest absolute Gasteiger partial charge is 0.497 e. The smallest absolute Gasteiger partial charge is 0.338 e. The summed E-state index contributed by atoms with van der Waals surface area (Å²) in [5.74, 6) is 1.38. The standard InChI is InChI=1S/C18H24O3/c1-12(2)10-15-16(18(15,3)4)11-21-17(19)13-6-8-14(20-5)9-7-13/h6-10,15-16H,11H2,1-5H3. The van der Waals surface area contributed by atoms with Crippen LogP contribution in [0, 0.1) is 17.3 Å². The molecule has 2 unspecified atom stereocenters. The fourth-order valence-corrected chi connectivity index (χ4v) is 2.77. The Morgan fingerprint density at radius 1 is 1.24 bits per heavy atom. The summed E-state index contributed by atoms with van der Waals surface area (Å²) in [5, 5.41) is 0. The van der Waals surface area contributed by atoms with E-state index < -0.39 is 0 Å². The summed E-state index contributed by atoms with van der Waals surface area (Å²) in [7, 11) is 1.60. The molecule has 3 nitrogen and oxygen atoms in total. The molecule has 0 spiro atoms. The quantitative estimate of drug-likeness (QED) is 0.604. The number of hydrogen-bond donors (Lipinski definition) is 0. The zero-order valence-corrected chi connectivity index (χ0v) is 13.5. The van der Waals surface area contributed by atoms with Gasteiger partial charge in [0.05, 0.1) is 19.3 Å². The zero-order valence-electron chi connectivity index (χ0n) is 13.5. The van der Waals surface area contributed by atoms with Crippen LogP contribution in [-0.4, -0.2) is 19.7 Å². The van der Waals surface area contributed by atoms with E-state index in [0.717, 1.165) is 5.75 Å². The minimum atomic E-state index is -0.267. The molecule has 0 N–H and O–H groups in total. The maximum absolute atomic E-state index is 12.0. The highest BCUT2D eigenvalue weighted by molar-refractivity contribution is 5.89. The normalized spacial score (nSPS) is 22.3. The van der Waals surface area contributed by atoms with Gasteiger partial charge >= 0.3 is 5.97 Å². The van der Waals surface area contributed by atoms with E-state index in [0.29, 0.717) is 24.0 Å². The predicted octanol–water partition coefficient (Wildman–Crippen LogP) is 4.09. The first-order chi connectivity index (χ1) is 9.86. The summed E-state index contributed by atoms with van der Waals surface area (Å²) < 4.78 is 10.5. The van der Waals surface area contributed by atoms with Crippen molar-refractivity contribution >= 4 is 5.97 Å². The van der Waals surface area contributed by atoms with E-state index >= 15 is 0 Å². The first-order valence-electron chi connectivity index (χ1n) is 7.32. The van der Waals surface area contributed by atoms with Gasteiger partial charge in [0.15, 0.2) is 0 Å². The van der Waals surface area contributed by atoms with E-state index in [1.54, 1.807) is 31.4 Å². The van der Waals surface area contributed by atoms with Crippen molar-refractivity contribution in [3.8, 4) is 5.75 Å². The minimum absolute atomic E-state index is 0.220. The van der Waals surface area contributed by atoms with Gasteiger partial charge in [0.2, 0.25) is 0 Å². The average molecular weight is 288 g/mol. The van der Waals surface area contributed by atoms with Crippen LogP contribution < -0.4 is 4.74 Å². The van der Waals surface area contributed by atoms with Crippen molar-refractivity contribution < 1.29 is 14.3 Å². The molecule has 2 atom stereocenters. The number of esters is 1. The lowest BCUT2D eigenvalue weighted by Gasteiger charge is -2.06. The fraction of sp³-hybridized carbons (Fsp3) is 0.500. The molecule has 1 aliphatic rings. The van der Waals surface area contributed by atoms with Crippen molar-refractivity contribution in [1.29, 1.82) is 0 Å². The Balaban J connectivity index is 1.91. The van der Waals surface area contributed by atoms with Crippen LogP contribution in [0.25, 0.3) is 0 Å². The molecule has 1 aromatic rings. The molecule has 0 aliphatic heterocycles. The molecule has 0 radical (unpaired) electrons. The van der Waals surface area contributed by atoms with Crippen molar-refractivity contribution in [1.82, 2.24) is 0 Å². The second kappa shape index (κ2) is 5.92. The second-order valence-electron chi connectivity index (χ2n) is 6.52. The third kappa shape index (κ3) is 3.46. The lowest BCUT2D eigenvalue weighted by atomic mass is 10.1. The molecule has 21 heavy (non-hydrogen) atoms. The molecule has 1 saturated carbocycles. The summed E-state index contributed by atoms with van der Waals surface area (Å²) in [6.07, 6.45) is 2.28. The lowest BCUT2D eigenvalue weighted by molar-refractivity contribution is 0.0471. The van der Waals surface area contributed by atoms with Crippen molar-refractivity contribution in [3.63, 3.8) is 0 Å². The third-order valence-corrected chi connectivity index (χ3v) is 4.37. The molecule has 0 bridgehead atoms. The highest BCUT2D eigenvalue weighted by Gasteiger charge is 2.56. The van der Waals surface area contributed by atoms with Crippen LogP contribution in [-0.2, 0) is 4.74 Å². The van der Waals surface area contributed by atoms with Crippen LogP contribution in [0.15, 0.2) is 35.9 Å². The van der Waals surface area contributed by atoms with E-state index in [4.69, 9.17) is 9.47 Å². The molecular formula is C18H24O3. The SMILES string of the molecule is COc1ccc(C(=O)OCC2C(C=C(C)C)C2(C)C)cc1. The van der Waals surface area contributed by atoms with Gasteiger partial charge in [-0.3, -0.25) is 0 Å². The van der Waals surface area contributed by atoms with Crippen LogP contribution in [0.1, 0.15) is 38.1 Å². The molecule has 2 rings (SSSR count). The van der Waals surface area contributed by atoms with E-state index in [1.165, 1.54) is 5.57 Å². The van der Waals surface area contributed by atoms with Gasteiger partial charge in [0, 0.05) is 5.92 Å². The van der Waals surface area contributed by atoms with Crippen LogP contribution >= 0.6 is 0 Å². The Bertz CT molecular complexity index is 536. The first kappa shape index (κ1) is 15.6. The Hall–Kier alpha value is -1.77. The van der Waals surface area contributed by atoms with Gasteiger partial charge in [-0.15, -0.1) is 0 Å². The van der Waals surface area contributed by atoms with E-state index in [9.17, 15) is 4.79 Å². The van der Waals surface area contributed by atoms with Gasteiger partial charge < -0.3 is 9.47 Å². The molecule has 1 aliphatic carbocycles. The Kier molecular flexibility index (Phi) is 4.40. The highest BCUT2D eigenvalue weighted by Crippen LogP contribution is 2.59. The maximum atomic E-state index is 12.0. The number of ether oxygens (including phenoxy) is 2. The van der Waals surface area contributed by atoms with Crippen LogP contribution in [0.5, 0.6) is 5.75 Å². The predicted molar refractivity (Wildman–Crippen MR) is 83.5 cm³/mol. The van der Waals surface area contributed by atoms with Gasteiger partial charge in [0.25, 0.3) is 0 Å². The number of rotatable bonds is 5.